The van der Waals surface area contributed by atoms with Gasteiger partial charge < -0.3 is 9.88 Å². The van der Waals surface area contributed by atoms with Crippen LogP contribution in [0.5, 0.6) is 0 Å². The molecule has 0 atom stereocenters. The minimum absolute atomic E-state index is 0.106. The van der Waals surface area contributed by atoms with Crippen molar-refractivity contribution in [1.29, 1.82) is 0 Å². The number of H-pyrrole nitrogens is 1. The fraction of sp³-hybridized carbons (Fsp3) is 0.185. The lowest BCUT2D eigenvalue weighted by atomic mass is 10.0. The number of nitrogens with zero attached hydrogens (tertiary/aromatic N) is 5. The predicted octanol–water partition coefficient (Wildman–Crippen LogP) is 4.80. The van der Waals surface area contributed by atoms with Gasteiger partial charge in [-0.05, 0) is 37.3 Å². The van der Waals surface area contributed by atoms with Crippen molar-refractivity contribution in [2.75, 3.05) is 12.3 Å². The van der Waals surface area contributed by atoms with E-state index >= 15 is 0 Å². The minimum Gasteiger partial charge on any atom is -0.358 e. The van der Waals surface area contributed by atoms with Crippen molar-refractivity contribution in [2.24, 2.45) is 0 Å². The summed E-state index contributed by atoms with van der Waals surface area (Å²) >= 11 is 1.43. The van der Waals surface area contributed by atoms with Crippen LogP contribution in [0.25, 0.3) is 28.0 Å². The maximum absolute atomic E-state index is 13.2. The first-order valence-corrected chi connectivity index (χ1v) is 12.6. The number of benzene rings is 2. The van der Waals surface area contributed by atoms with Crippen molar-refractivity contribution in [3.63, 3.8) is 0 Å². The maximum atomic E-state index is 13.2. The zero-order chi connectivity index (χ0) is 23.8. The van der Waals surface area contributed by atoms with Crippen LogP contribution < -0.4 is 0 Å². The summed E-state index contributed by atoms with van der Waals surface area (Å²) in [7, 11) is 0. The number of aryl methyl sites for hydroxylation is 1. The zero-order valence-electron chi connectivity index (χ0n) is 19.3. The summed E-state index contributed by atoms with van der Waals surface area (Å²) in [6, 6.07) is 20.4. The first-order valence-electron chi connectivity index (χ1n) is 11.6. The number of aromatic nitrogens is 5. The normalized spacial score (nSPS) is 13.2. The Hall–Kier alpha value is -3.91. The van der Waals surface area contributed by atoms with Gasteiger partial charge in [0.1, 0.15) is 0 Å². The van der Waals surface area contributed by atoms with E-state index in [9.17, 15) is 4.79 Å². The number of amides is 1. The molecule has 8 heteroatoms. The number of hydrogen-bond acceptors (Lipinski definition) is 5. The van der Waals surface area contributed by atoms with Crippen LogP contribution in [-0.2, 0) is 17.8 Å². The fourth-order valence-corrected chi connectivity index (χ4v) is 5.43. The van der Waals surface area contributed by atoms with Gasteiger partial charge in [-0.25, -0.2) is 0 Å². The van der Waals surface area contributed by atoms with Crippen LogP contribution in [0.15, 0.2) is 78.2 Å². The van der Waals surface area contributed by atoms with Gasteiger partial charge in [0, 0.05) is 65.3 Å². The lowest BCUT2D eigenvalue weighted by Gasteiger charge is -2.27. The fourth-order valence-electron chi connectivity index (χ4n) is 4.57. The number of pyridine rings is 1. The van der Waals surface area contributed by atoms with E-state index in [1.165, 1.54) is 34.0 Å². The SMILES string of the molecule is Cc1ccc(-n2c(SCC(=O)N3CCc4[nH]c5ccccc5c4C3)nnc2-c2ccncc2)cc1. The van der Waals surface area contributed by atoms with Crippen LogP contribution in [0, 0.1) is 6.92 Å². The lowest BCUT2D eigenvalue weighted by molar-refractivity contribution is -0.129. The molecule has 0 aliphatic carbocycles. The quantitative estimate of drug-likeness (QED) is 0.366. The summed E-state index contributed by atoms with van der Waals surface area (Å²) < 4.78 is 2.01. The Balaban J connectivity index is 1.25. The van der Waals surface area contributed by atoms with E-state index in [1.54, 1.807) is 12.4 Å². The third-order valence-corrected chi connectivity index (χ3v) is 7.34. The van der Waals surface area contributed by atoms with Crippen LogP contribution in [-0.4, -0.2) is 47.8 Å². The van der Waals surface area contributed by atoms with Gasteiger partial charge in [0.15, 0.2) is 11.0 Å². The molecule has 3 aromatic heterocycles. The number of carbonyl (C=O) groups excluding carboxylic acids is 1. The Morgan fingerprint density at radius 1 is 1.03 bits per heavy atom. The molecule has 6 rings (SSSR count). The largest absolute Gasteiger partial charge is 0.358 e. The van der Waals surface area contributed by atoms with Gasteiger partial charge in [0.25, 0.3) is 0 Å². The van der Waals surface area contributed by atoms with E-state index < -0.39 is 0 Å². The Bertz CT molecular complexity index is 1510. The van der Waals surface area contributed by atoms with Gasteiger partial charge >= 0.3 is 0 Å². The summed E-state index contributed by atoms with van der Waals surface area (Å²) in [4.78, 5) is 22.8. The second-order valence-corrected chi connectivity index (χ2v) is 9.64. The van der Waals surface area contributed by atoms with E-state index in [4.69, 9.17) is 0 Å². The number of fused-ring (bicyclic) bond motifs is 3. The number of hydrogen-bond donors (Lipinski definition) is 1. The zero-order valence-corrected chi connectivity index (χ0v) is 20.1. The van der Waals surface area contributed by atoms with Gasteiger partial charge in [-0.3, -0.25) is 14.3 Å². The Kier molecular flexibility index (Phi) is 5.58. The lowest BCUT2D eigenvalue weighted by Crippen LogP contribution is -2.36. The van der Waals surface area contributed by atoms with Crippen LogP contribution in [0.2, 0.25) is 0 Å². The molecular weight excluding hydrogens is 456 g/mol. The van der Waals surface area contributed by atoms with E-state index in [0.717, 1.165) is 29.0 Å². The van der Waals surface area contributed by atoms with Crippen molar-refractivity contribution >= 4 is 28.6 Å². The number of aromatic amines is 1. The summed E-state index contributed by atoms with van der Waals surface area (Å²) in [5, 5.41) is 10.8. The molecule has 1 aliphatic heterocycles. The molecule has 2 aromatic carbocycles. The molecule has 0 fully saturated rings. The van der Waals surface area contributed by atoms with Crippen LogP contribution >= 0.6 is 11.8 Å². The van der Waals surface area contributed by atoms with E-state index in [2.05, 4.69) is 63.5 Å². The molecular formula is C27H24N6OS. The molecule has 1 amide bonds. The Labute approximate surface area is 207 Å². The molecule has 5 aromatic rings. The molecule has 7 nitrogen and oxygen atoms in total. The molecule has 0 bridgehead atoms. The van der Waals surface area contributed by atoms with Crippen molar-refractivity contribution in [1.82, 2.24) is 29.6 Å². The standard InChI is InChI=1S/C27H24N6OS/c1-18-6-8-20(9-7-18)33-26(19-10-13-28-14-11-19)30-31-27(33)35-17-25(34)32-15-12-24-22(16-32)21-4-2-3-5-23(21)29-24/h2-11,13-14,29H,12,15-17H2,1H3. The number of para-hydroxylation sites is 1. The molecule has 0 spiro atoms. The Morgan fingerprint density at radius 3 is 2.66 bits per heavy atom. The van der Waals surface area contributed by atoms with Gasteiger partial charge in [0.05, 0.1) is 5.75 Å². The maximum Gasteiger partial charge on any atom is 0.233 e. The van der Waals surface area contributed by atoms with Gasteiger partial charge in [0.2, 0.25) is 5.91 Å². The van der Waals surface area contributed by atoms with Crippen LogP contribution in [0.4, 0.5) is 0 Å². The second kappa shape index (κ2) is 9.03. The molecule has 0 saturated heterocycles. The van der Waals surface area contributed by atoms with Crippen molar-refractivity contribution in [3.05, 3.63) is 89.9 Å². The van der Waals surface area contributed by atoms with Crippen molar-refractivity contribution in [3.8, 4) is 17.1 Å². The highest BCUT2D eigenvalue weighted by Crippen LogP contribution is 2.30. The highest BCUT2D eigenvalue weighted by Gasteiger charge is 2.25. The number of thioether (sulfide) groups is 1. The molecule has 1 N–H and O–H groups in total. The molecule has 4 heterocycles. The molecule has 0 unspecified atom stereocenters. The van der Waals surface area contributed by atoms with Crippen LogP contribution in [0.1, 0.15) is 16.8 Å². The van der Waals surface area contributed by atoms with Crippen molar-refractivity contribution < 1.29 is 4.79 Å². The summed E-state index contributed by atoms with van der Waals surface area (Å²) in [5.74, 6) is 1.14. The Morgan fingerprint density at radius 2 is 1.83 bits per heavy atom. The third kappa shape index (κ3) is 4.10. The third-order valence-electron chi connectivity index (χ3n) is 6.42. The average Bonchev–Trinajstić information content (AvgIpc) is 3.49. The summed E-state index contributed by atoms with van der Waals surface area (Å²) in [6.45, 7) is 3.41. The monoisotopic (exact) mass is 480 g/mol. The van der Waals surface area contributed by atoms with Crippen molar-refractivity contribution in [2.45, 2.75) is 25.0 Å². The van der Waals surface area contributed by atoms with E-state index in [-0.39, 0.29) is 5.91 Å². The van der Waals surface area contributed by atoms with Gasteiger partial charge in [-0.2, -0.15) is 0 Å². The molecule has 0 saturated carbocycles. The molecule has 0 radical (unpaired) electrons. The number of carbonyl (C=O) groups is 1. The average molecular weight is 481 g/mol. The first kappa shape index (κ1) is 21.6. The first-order chi connectivity index (χ1) is 17.2. The highest BCUT2D eigenvalue weighted by atomic mass is 32.2. The second-order valence-electron chi connectivity index (χ2n) is 8.69. The van der Waals surface area contributed by atoms with Gasteiger partial charge in [-0.1, -0.05) is 47.7 Å². The van der Waals surface area contributed by atoms with E-state index in [0.29, 0.717) is 24.0 Å². The molecule has 174 valence electrons. The summed E-state index contributed by atoms with van der Waals surface area (Å²) in [5.41, 5.74) is 6.67. The van der Waals surface area contributed by atoms with Gasteiger partial charge in [-0.15, -0.1) is 10.2 Å². The number of rotatable bonds is 5. The van der Waals surface area contributed by atoms with Crippen LogP contribution in [0.3, 0.4) is 0 Å². The summed E-state index contributed by atoms with van der Waals surface area (Å²) in [6.07, 6.45) is 4.33. The topological polar surface area (TPSA) is 79.7 Å². The minimum atomic E-state index is 0.106. The van der Waals surface area contributed by atoms with E-state index in [1.807, 2.05) is 33.7 Å². The number of nitrogens with one attached hydrogen (secondary N) is 1. The predicted molar refractivity (Wildman–Crippen MR) is 137 cm³/mol. The smallest absolute Gasteiger partial charge is 0.233 e. The highest BCUT2D eigenvalue weighted by molar-refractivity contribution is 7.99. The molecule has 35 heavy (non-hydrogen) atoms. The molecule has 1 aliphatic rings.